The van der Waals surface area contributed by atoms with E-state index < -0.39 is 11.7 Å². The van der Waals surface area contributed by atoms with Crippen molar-refractivity contribution in [2.24, 2.45) is 0 Å². The van der Waals surface area contributed by atoms with Crippen LogP contribution < -0.4 is 0 Å². The summed E-state index contributed by atoms with van der Waals surface area (Å²) in [5.74, 6) is 0. The van der Waals surface area contributed by atoms with E-state index in [1.54, 1.807) is 0 Å². The van der Waals surface area contributed by atoms with Crippen LogP contribution in [-0.4, -0.2) is 9.97 Å². The van der Waals surface area contributed by atoms with Crippen LogP contribution in [0.25, 0.3) is 11.0 Å². The molecule has 0 spiro atoms. The van der Waals surface area contributed by atoms with Crippen LogP contribution in [0.4, 0.5) is 13.2 Å². The molecule has 0 fully saturated rings. The van der Waals surface area contributed by atoms with Crippen LogP contribution in [-0.2, 0) is 12.6 Å². The first-order valence-electron chi connectivity index (χ1n) is 4.55. The Morgan fingerprint density at radius 1 is 1.33 bits per heavy atom. The number of benzene rings is 1. The van der Waals surface area contributed by atoms with Gasteiger partial charge in [-0.3, -0.25) is 0 Å². The Kier molecular flexibility index (Phi) is 2.17. The minimum atomic E-state index is -4.30. The van der Waals surface area contributed by atoms with Crippen LogP contribution in [0.3, 0.4) is 0 Å². The molecule has 1 aromatic carbocycles. The summed E-state index contributed by atoms with van der Waals surface area (Å²) in [5, 5.41) is 0. The van der Waals surface area contributed by atoms with Gasteiger partial charge in [0.1, 0.15) is 0 Å². The van der Waals surface area contributed by atoms with Gasteiger partial charge in [-0.1, -0.05) is 6.92 Å². The number of fused-ring (bicyclic) bond motifs is 1. The molecule has 0 unspecified atom stereocenters. The van der Waals surface area contributed by atoms with E-state index in [1.807, 2.05) is 6.92 Å². The topological polar surface area (TPSA) is 28.7 Å². The average molecular weight is 214 g/mol. The molecule has 1 aromatic heterocycles. The van der Waals surface area contributed by atoms with E-state index in [0.717, 1.165) is 12.1 Å². The smallest absolute Gasteiger partial charge is 0.345 e. The number of aromatic amines is 1. The van der Waals surface area contributed by atoms with Crippen LogP contribution in [0.2, 0.25) is 0 Å². The molecule has 0 atom stereocenters. The lowest BCUT2D eigenvalue weighted by Crippen LogP contribution is -2.05. The lowest BCUT2D eigenvalue weighted by atomic mass is 10.1. The minimum Gasteiger partial charge on any atom is -0.345 e. The summed E-state index contributed by atoms with van der Waals surface area (Å²) in [7, 11) is 0. The van der Waals surface area contributed by atoms with Gasteiger partial charge >= 0.3 is 6.18 Å². The SMILES string of the molecule is CCc1cc(C(F)(F)F)cc2[nH]cnc12. The summed E-state index contributed by atoms with van der Waals surface area (Å²) in [6.45, 7) is 1.81. The number of nitrogens with one attached hydrogen (secondary N) is 1. The third-order valence-electron chi connectivity index (χ3n) is 2.31. The van der Waals surface area contributed by atoms with E-state index in [4.69, 9.17) is 0 Å². The first kappa shape index (κ1) is 10.0. The number of halogens is 3. The van der Waals surface area contributed by atoms with E-state index in [0.29, 0.717) is 23.0 Å². The average Bonchev–Trinajstić information content (AvgIpc) is 2.62. The van der Waals surface area contributed by atoms with Gasteiger partial charge in [0.05, 0.1) is 22.9 Å². The lowest BCUT2D eigenvalue weighted by Gasteiger charge is -2.08. The molecule has 2 rings (SSSR count). The fourth-order valence-corrected chi connectivity index (χ4v) is 1.56. The molecular weight excluding hydrogens is 205 g/mol. The third kappa shape index (κ3) is 1.69. The van der Waals surface area contributed by atoms with Crippen molar-refractivity contribution in [3.63, 3.8) is 0 Å². The second-order valence-electron chi connectivity index (χ2n) is 3.29. The van der Waals surface area contributed by atoms with E-state index in [-0.39, 0.29) is 0 Å². The molecule has 0 bridgehead atoms. The Morgan fingerprint density at radius 2 is 2.07 bits per heavy atom. The zero-order chi connectivity index (χ0) is 11.1. The number of alkyl halides is 3. The number of nitrogens with zero attached hydrogens (tertiary/aromatic N) is 1. The van der Waals surface area contributed by atoms with Crippen LogP contribution in [0, 0.1) is 0 Å². The highest BCUT2D eigenvalue weighted by Crippen LogP contribution is 2.32. The molecule has 5 heteroatoms. The number of aryl methyl sites for hydroxylation is 1. The van der Waals surface area contributed by atoms with Crippen molar-refractivity contribution in [3.8, 4) is 0 Å². The number of hydrogen-bond acceptors (Lipinski definition) is 1. The Morgan fingerprint density at radius 3 is 2.67 bits per heavy atom. The van der Waals surface area contributed by atoms with Crippen LogP contribution in [0.5, 0.6) is 0 Å². The molecule has 1 N–H and O–H groups in total. The van der Waals surface area contributed by atoms with Crippen LogP contribution >= 0.6 is 0 Å². The van der Waals surface area contributed by atoms with Gasteiger partial charge < -0.3 is 4.98 Å². The summed E-state index contributed by atoms with van der Waals surface area (Å²) in [5.41, 5.74) is 1.03. The van der Waals surface area contributed by atoms with Gasteiger partial charge in [0.2, 0.25) is 0 Å². The fourth-order valence-electron chi connectivity index (χ4n) is 1.56. The van der Waals surface area contributed by atoms with Crippen molar-refractivity contribution in [3.05, 3.63) is 29.6 Å². The molecule has 2 nitrogen and oxygen atoms in total. The summed E-state index contributed by atoms with van der Waals surface area (Å²) in [4.78, 5) is 6.69. The van der Waals surface area contributed by atoms with Crippen molar-refractivity contribution in [2.45, 2.75) is 19.5 Å². The maximum absolute atomic E-state index is 12.5. The van der Waals surface area contributed by atoms with Crippen molar-refractivity contribution < 1.29 is 13.2 Å². The molecular formula is C10H9F3N2. The quantitative estimate of drug-likeness (QED) is 0.776. The Labute approximate surface area is 84.1 Å². The van der Waals surface area contributed by atoms with E-state index in [1.165, 1.54) is 6.33 Å². The summed E-state index contributed by atoms with van der Waals surface area (Å²) >= 11 is 0. The highest BCUT2D eigenvalue weighted by atomic mass is 19.4. The number of rotatable bonds is 1. The summed E-state index contributed by atoms with van der Waals surface area (Å²) < 4.78 is 37.5. The largest absolute Gasteiger partial charge is 0.416 e. The third-order valence-corrected chi connectivity index (χ3v) is 2.31. The Balaban J connectivity index is 2.69. The predicted octanol–water partition coefficient (Wildman–Crippen LogP) is 3.14. The number of imidazole rings is 1. The molecule has 80 valence electrons. The van der Waals surface area contributed by atoms with Gasteiger partial charge in [0, 0.05) is 0 Å². The number of aromatic nitrogens is 2. The maximum Gasteiger partial charge on any atom is 0.416 e. The summed E-state index contributed by atoms with van der Waals surface area (Å²) in [6.07, 6.45) is -2.36. The van der Waals surface area contributed by atoms with Crippen molar-refractivity contribution in [1.29, 1.82) is 0 Å². The lowest BCUT2D eigenvalue weighted by molar-refractivity contribution is -0.137. The van der Waals surface area contributed by atoms with Crippen molar-refractivity contribution in [1.82, 2.24) is 9.97 Å². The molecule has 0 amide bonds. The van der Waals surface area contributed by atoms with Gasteiger partial charge in [-0.25, -0.2) is 4.98 Å². The number of hydrogen-bond donors (Lipinski definition) is 1. The van der Waals surface area contributed by atoms with Gasteiger partial charge in [-0.15, -0.1) is 0 Å². The van der Waals surface area contributed by atoms with Crippen LogP contribution in [0.1, 0.15) is 18.1 Å². The van der Waals surface area contributed by atoms with Gasteiger partial charge in [-0.2, -0.15) is 13.2 Å². The summed E-state index contributed by atoms with van der Waals surface area (Å²) in [6, 6.07) is 2.24. The molecule has 0 aliphatic rings. The van der Waals surface area contributed by atoms with Crippen LogP contribution in [0.15, 0.2) is 18.5 Å². The molecule has 2 aromatic rings. The molecule has 0 aliphatic heterocycles. The normalized spacial score (nSPS) is 12.3. The first-order chi connectivity index (χ1) is 7.02. The standard InChI is InChI=1S/C10H9F3N2/c1-2-6-3-7(10(11,12)13)4-8-9(6)15-5-14-8/h3-5H,2H2,1H3,(H,14,15). The maximum atomic E-state index is 12.5. The Hall–Kier alpha value is -1.52. The second kappa shape index (κ2) is 3.25. The van der Waals surface area contributed by atoms with E-state index >= 15 is 0 Å². The van der Waals surface area contributed by atoms with Crippen molar-refractivity contribution >= 4 is 11.0 Å². The molecule has 0 radical (unpaired) electrons. The molecule has 0 aliphatic carbocycles. The highest BCUT2D eigenvalue weighted by molar-refractivity contribution is 5.79. The monoisotopic (exact) mass is 214 g/mol. The zero-order valence-electron chi connectivity index (χ0n) is 8.02. The minimum absolute atomic E-state index is 0.432. The zero-order valence-corrected chi connectivity index (χ0v) is 8.02. The predicted molar refractivity (Wildman–Crippen MR) is 50.5 cm³/mol. The second-order valence-corrected chi connectivity index (χ2v) is 3.29. The molecule has 1 heterocycles. The van der Waals surface area contributed by atoms with E-state index in [9.17, 15) is 13.2 Å². The molecule has 15 heavy (non-hydrogen) atoms. The van der Waals surface area contributed by atoms with Crippen molar-refractivity contribution in [2.75, 3.05) is 0 Å². The highest BCUT2D eigenvalue weighted by Gasteiger charge is 2.31. The molecule has 0 saturated carbocycles. The van der Waals surface area contributed by atoms with Gasteiger partial charge in [-0.05, 0) is 24.1 Å². The number of H-pyrrole nitrogens is 1. The molecule has 0 saturated heterocycles. The Bertz CT molecular complexity index is 485. The van der Waals surface area contributed by atoms with Gasteiger partial charge in [0.25, 0.3) is 0 Å². The van der Waals surface area contributed by atoms with E-state index in [2.05, 4.69) is 9.97 Å². The fraction of sp³-hybridized carbons (Fsp3) is 0.300. The first-order valence-corrected chi connectivity index (χ1v) is 4.55. The van der Waals surface area contributed by atoms with Gasteiger partial charge in [0.15, 0.2) is 0 Å².